The summed E-state index contributed by atoms with van der Waals surface area (Å²) in [5.74, 6) is -2.71. The molecule has 18 heteroatoms. The van der Waals surface area contributed by atoms with Gasteiger partial charge in [0.05, 0.1) is 34.2 Å². The number of ether oxygens (including phenoxy) is 2. The van der Waals surface area contributed by atoms with Gasteiger partial charge in [0, 0.05) is 35.7 Å². The number of thiophene rings is 2. The standard InChI is InChI=1S/C34H36N4O8S6/c1-3-45-31(43)23-17-9-5-7-11-19(17)49-27(23)35-21(39)13-15-37-29(41)25(51-33(37)47)26-30(42)38(34(48)52-26)16-14-22(40)36-28-24(32(44)46-4-2)18-10-6-8-12-20(18)50-28/h3-16H2,1-2H3,(H,35,39)(H,36,40)/b26-25-. The topological polar surface area (TPSA) is 151 Å². The molecule has 2 aromatic heterocycles. The highest BCUT2D eigenvalue weighted by atomic mass is 32.2. The lowest BCUT2D eigenvalue weighted by Gasteiger charge is -2.15. The maximum Gasteiger partial charge on any atom is 0.341 e. The van der Waals surface area contributed by atoms with Gasteiger partial charge in [-0.1, -0.05) is 48.0 Å². The van der Waals surface area contributed by atoms with E-state index in [4.69, 9.17) is 33.9 Å². The maximum absolute atomic E-state index is 13.5. The molecule has 4 aliphatic rings. The summed E-state index contributed by atoms with van der Waals surface area (Å²) in [6.45, 7) is 3.85. The fourth-order valence-corrected chi connectivity index (χ4v) is 11.8. The Morgan fingerprint density at radius 2 is 1.04 bits per heavy atom. The zero-order valence-corrected chi connectivity index (χ0v) is 33.4. The first-order valence-corrected chi connectivity index (χ1v) is 21.1. The second-order valence-electron chi connectivity index (χ2n) is 12.2. The summed E-state index contributed by atoms with van der Waals surface area (Å²) in [6.07, 6.45) is 6.95. The van der Waals surface area contributed by atoms with Crippen molar-refractivity contribution in [1.29, 1.82) is 0 Å². The lowest BCUT2D eigenvalue weighted by atomic mass is 9.95. The van der Waals surface area contributed by atoms with Crippen LogP contribution >= 0.6 is 70.6 Å². The molecule has 4 heterocycles. The SMILES string of the molecule is CCOC(=O)c1c(NC(=O)CCN2C(=O)/C(=C3/SC(=S)N(CCC(=O)Nc4sc5c(c4C(=O)OCC)CCCC5)C3=O)SC2=S)sc2c1CCCC2. The van der Waals surface area contributed by atoms with Crippen LogP contribution in [0.4, 0.5) is 10.0 Å². The summed E-state index contributed by atoms with van der Waals surface area (Å²) in [5, 5.41) is 6.61. The normalized spacial score (nSPS) is 18.4. The summed E-state index contributed by atoms with van der Waals surface area (Å²) in [5.41, 5.74) is 2.69. The second kappa shape index (κ2) is 16.9. The van der Waals surface area contributed by atoms with E-state index in [0.717, 1.165) is 95.8 Å². The first-order chi connectivity index (χ1) is 25.0. The van der Waals surface area contributed by atoms with Gasteiger partial charge in [-0.15, -0.1) is 22.7 Å². The van der Waals surface area contributed by atoms with E-state index in [9.17, 15) is 28.8 Å². The molecule has 2 aliphatic carbocycles. The van der Waals surface area contributed by atoms with Crippen LogP contribution in [0, 0.1) is 0 Å². The molecular weight excluding hydrogens is 785 g/mol. The molecule has 2 N–H and O–H groups in total. The second-order valence-corrected chi connectivity index (χ2v) is 17.7. The van der Waals surface area contributed by atoms with Gasteiger partial charge in [-0.25, -0.2) is 9.59 Å². The summed E-state index contributed by atoms with van der Waals surface area (Å²) in [6, 6.07) is 0. The molecule has 2 saturated heterocycles. The van der Waals surface area contributed by atoms with Gasteiger partial charge in [0.2, 0.25) is 11.8 Å². The van der Waals surface area contributed by atoms with Gasteiger partial charge in [0.15, 0.2) is 0 Å². The molecule has 0 aromatic carbocycles. The van der Waals surface area contributed by atoms with Crippen molar-refractivity contribution in [2.75, 3.05) is 36.9 Å². The number of carbonyl (C=O) groups excluding carboxylic acids is 6. The van der Waals surface area contributed by atoms with Crippen LogP contribution in [0.5, 0.6) is 0 Å². The van der Waals surface area contributed by atoms with Crippen LogP contribution in [0.15, 0.2) is 9.81 Å². The Hall–Kier alpha value is -3.16. The highest BCUT2D eigenvalue weighted by molar-refractivity contribution is 8.29. The van der Waals surface area contributed by atoms with Crippen molar-refractivity contribution in [1.82, 2.24) is 9.80 Å². The molecule has 0 spiro atoms. The number of thiocarbonyl (C=S) groups is 2. The molecule has 0 radical (unpaired) electrons. The predicted molar refractivity (Wildman–Crippen MR) is 211 cm³/mol. The fourth-order valence-electron chi connectivity index (χ4n) is 6.41. The van der Waals surface area contributed by atoms with Gasteiger partial charge in [0.25, 0.3) is 11.8 Å². The van der Waals surface area contributed by atoms with Gasteiger partial charge < -0.3 is 20.1 Å². The molecule has 2 fully saturated rings. The highest BCUT2D eigenvalue weighted by Gasteiger charge is 2.42. The van der Waals surface area contributed by atoms with E-state index in [1.165, 1.54) is 32.5 Å². The minimum Gasteiger partial charge on any atom is -0.462 e. The van der Waals surface area contributed by atoms with Crippen molar-refractivity contribution in [3.63, 3.8) is 0 Å². The third kappa shape index (κ3) is 8.01. The van der Waals surface area contributed by atoms with Crippen molar-refractivity contribution < 1.29 is 38.2 Å². The van der Waals surface area contributed by atoms with Crippen LogP contribution in [0.2, 0.25) is 0 Å². The van der Waals surface area contributed by atoms with Crippen molar-refractivity contribution in [3.05, 3.63) is 41.8 Å². The van der Waals surface area contributed by atoms with E-state index in [1.54, 1.807) is 13.8 Å². The third-order valence-corrected chi connectivity index (χ3v) is 14.3. The molecule has 2 aliphatic heterocycles. The van der Waals surface area contributed by atoms with E-state index >= 15 is 0 Å². The number of amides is 4. The third-order valence-electron chi connectivity index (χ3n) is 8.84. The quantitative estimate of drug-likeness (QED) is 0.142. The number of fused-ring (bicyclic) bond motifs is 2. The molecule has 4 amide bonds. The molecule has 0 atom stereocenters. The van der Waals surface area contributed by atoms with Gasteiger partial charge in [-0.05, 0) is 76.3 Å². The van der Waals surface area contributed by atoms with Crippen LogP contribution in [0.25, 0.3) is 0 Å². The molecule has 12 nitrogen and oxygen atoms in total. The average molecular weight is 821 g/mol. The molecule has 0 saturated carbocycles. The minimum atomic E-state index is -0.506. The number of thioether (sulfide) groups is 2. The number of rotatable bonds is 12. The number of nitrogens with one attached hydrogen (secondary N) is 2. The average Bonchev–Trinajstić information content (AvgIpc) is 3.82. The summed E-state index contributed by atoms with van der Waals surface area (Å²) >= 11 is 15.6. The van der Waals surface area contributed by atoms with Crippen LogP contribution < -0.4 is 10.6 Å². The molecule has 6 rings (SSSR count). The number of hydrogen-bond acceptors (Lipinski definition) is 14. The van der Waals surface area contributed by atoms with Gasteiger partial charge >= 0.3 is 11.9 Å². The van der Waals surface area contributed by atoms with Crippen molar-refractivity contribution >= 4 is 125 Å². The lowest BCUT2D eigenvalue weighted by Crippen LogP contribution is -2.33. The van der Waals surface area contributed by atoms with Crippen LogP contribution in [-0.2, 0) is 54.3 Å². The number of nitrogens with zero attached hydrogens (tertiary/aromatic N) is 2. The van der Waals surface area contributed by atoms with Crippen LogP contribution in [-0.4, -0.2) is 80.3 Å². The monoisotopic (exact) mass is 820 g/mol. The number of hydrogen-bond donors (Lipinski definition) is 2. The van der Waals surface area contributed by atoms with E-state index in [-0.39, 0.29) is 69.4 Å². The minimum absolute atomic E-state index is 0.0275. The fraction of sp³-hybridized carbons (Fsp3) is 0.471. The zero-order chi connectivity index (χ0) is 37.1. The molecule has 0 unspecified atom stereocenters. The van der Waals surface area contributed by atoms with E-state index in [1.807, 2.05) is 0 Å². The number of carbonyl (C=O) groups is 6. The first-order valence-electron chi connectivity index (χ1n) is 17.1. The van der Waals surface area contributed by atoms with E-state index in [2.05, 4.69) is 10.6 Å². The largest absolute Gasteiger partial charge is 0.462 e. The van der Waals surface area contributed by atoms with E-state index in [0.29, 0.717) is 21.1 Å². The smallest absolute Gasteiger partial charge is 0.341 e. The summed E-state index contributed by atoms with van der Waals surface area (Å²) in [7, 11) is 0. The molecular formula is C34H36N4O8S6. The lowest BCUT2D eigenvalue weighted by molar-refractivity contribution is -0.125. The van der Waals surface area contributed by atoms with Crippen molar-refractivity contribution in [3.8, 4) is 0 Å². The van der Waals surface area contributed by atoms with Crippen molar-refractivity contribution in [2.24, 2.45) is 0 Å². The number of anilines is 2. The molecule has 52 heavy (non-hydrogen) atoms. The number of aryl methyl sites for hydroxylation is 2. The Bertz CT molecular complexity index is 1780. The van der Waals surface area contributed by atoms with Gasteiger partial charge in [-0.3, -0.25) is 29.0 Å². The van der Waals surface area contributed by atoms with E-state index < -0.39 is 23.8 Å². The van der Waals surface area contributed by atoms with Crippen molar-refractivity contribution in [2.45, 2.75) is 78.1 Å². The van der Waals surface area contributed by atoms with Crippen LogP contribution in [0.3, 0.4) is 0 Å². The summed E-state index contributed by atoms with van der Waals surface area (Å²) < 4.78 is 11.0. The molecule has 276 valence electrons. The highest BCUT2D eigenvalue weighted by Crippen LogP contribution is 2.43. The summed E-state index contributed by atoms with van der Waals surface area (Å²) in [4.78, 5) is 83.7. The Morgan fingerprint density at radius 1 is 0.654 bits per heavy atom. The number of esters is 2. The molecule has 2 aromatic rings. The van der Waals surface area contributed by atoms with Gasteiger partial charge in [-0.2, -0.15) is 0 Å². The Balaban J connectivity index is 1.07. The predicted octanol–water partition coefficient (Wildman–Crippen LogP) is 6.21. The zero-order valence-electron chi connectivity index (χ0n) is 28.5. The van der Waals surface area contributed by atoms with Crippen LogP contribution in [0.1, 0.15) is 94.0 Å². The Morgan fingerprint density at radius 3 is 1.42 bits per heavy atom. The van der Waals surface area contributed by atoms with Gasteiger partial charge in [0.1, 0.15) is 18.6 Å². The Kier molecular flexibility index (Phi) is 12.5. The Labute approximate surface area is 327 Å². The first kappa shape index (κ1) is 38.6. The molecule has 0 bridgehead atoms. The maximum atomic E-state index is 13.5.